The molecule has 124 valence electrons. The van der Waals surface area contributed by atoms with Crippen LogP contribution in [0, 0.1) is 0 Å². The summed E-state index contributed by atoms with van der Waals surface area (Å²) < 4.78 is 0. The molecule has 1 amide bonds. The molecule has 1 N–H and O–H groups in total. The van der Waals surface area contributed by atoms with Crippen LogP contribution in [0.3, 0.4) is 0 Å². The maximum absolute atomic E-state index is 11.4. The summed E-state index contributed by atoms with van der Waals surface area (Å²) in [5.41, 5.74) is 3.26. The number of piperidine rings is 1. The van der Waals surface area contributed by atoms with Gasteiger partial charge in [-0.25, -0.2) is 9.97 Å². The van der Waals surface area contributed by atoms with E-state index in [1.165, 1.54) is 24.8 Å². The van der Waals surface area contributed by atoms with E-state index < -0.39 is 0 Å². The molecule has 0 aliphatic carbocycles. The molecule has 1 aromatic carbocycles. The van der Waals surface area contributed by atoms with E-state index in [-0.39, 0.29) is 5.91 Å². The largest absolute Gasteiger partial charge is 0.357 e. The molecule has 1 unspecified atom stereocenters. The molecule has 4 rings (SSSR count). The number of amides is 1. The number of hydrogen-bond acceptors (Lipinski definition) is 4. The van der Waals surface area contributed by atoms with Crippen molar-refractivity contribution in [3.63, 3.8) is 0 Å². The lowest BCUT2D eigenvalue weighted by molar-refractivity contribution is -0.119. The zero-order valence-electron chi connectivity index (χ0n) is 13.7. The molecule has 0 saturated carbocycles. The van der Waals surface area contributed by atoms with Crippen molar-refractivity contribution < 1.29 is 4.79 Å². The Kier molecular flexibility index (Phi) is 4.15. The SMILES string of the molecule is O=C1CC(c2ccc(-c3cc(N4CCCCC4)ncn3)cc2)CN1. The monoisotopic (exact) mass is 322 g/mol. The molecule has 2 saturated heterocycles. The third-order valence-corrected chi connectivity index (χ3v) is 4.99. The van der Waals surface area contributed by atoms with Gasteiger partial charge in [-0.05, 0) is 24.8 Å². The molecule has 2 aromatic rings. The molecule has 1 atom stereocenters. The van der Waals surface area contributed by atoms with Gasteiger partial charge in [0.25, 0.3) is 0 Å². The summed E-state index contributed by atoms with van der Waals surface area (Å²) in [6.45, 7) is 2.90. The summed E-state index contributed by atoms with van der Waals surface area (Å²) in [6, 6.07) is 10.5. The van der Waals surface area contributed by atoms with Crippen LogP contribution in [0.2, 0.25) is 0 Å². The van der Waals surface area contributed by atoms with Gasteiger partial charge in [0.2, 0.25) is 5.91 Å². The maximum atomic E-state index is 11.4. The first-order valence-electron chi connectivity index (χ1n) is 8.73. The maximum Gasteiger partial charge on any atom is 0.220 e. The lowest BCUT2D eigenvalue weighted by atomic mass is 9.96. The third-order valence-electron chi connectivity index (χ3n) is 4.99. The zero-order valence-corrected chi connectivity index (χ0v) is 13.7. The van der Waals surface area contributed by atoms with E-state index in [4.69, 9.17) is 0 Å². The van der Waals surface area contributed by atoms with E-state index in [1.54, 1.807) is 6.33 Å². The number of anilines is 1. The molecular formula is C19H22N4O. The molecule has 1 aromatic heterocycles. The van der Waals surface area contributed by atoms with E-state index in [0.29, 0.717) is 12.3 Å². The first-order valence-corrected chi connectivity index (χ1v) is 8.73. The lowest BCUT2D eigenvalue weighted by Crippen LogP contribution is -2.30. The summed E-state index contributed by atoms with van der Waals surface area (Å²) in [7, 11) is 0. The average Bonchev–Trinajstić information content (AvgIpc) is 3.09. The summed E-state index contributed by atoms with van der Waals surface area (Å²) >= 11 is 0. The highest BCUT2D eigenvalue weighted by atomic mass is 16.1. The van der Waals surface area contributed by atoms with Crippen molar-refractivity contribution in [2.45, 2.75) is 31.6 Å². The van der Waals surface area contributed by atoms with E-state index in [0.717, 1.165) is 36.7 Å². The predicted molar refractivity (Wildman–Crippen MR) is 93.9 cm³/mol. The molecule has 2 aliphatic rings. The van der Waals surface area contributed by atoms with Gasteiger partial charge >= 0.3 is 0 Å². The molecule has 5 heteroatoms. The number of carbonyl (C=O) groups excluding carboxylic acids is 1. The molecule has 24 heavy (non-hydrogen) atoms. The third kappa shape index (κ3) is 3.11. The number of rotatable bonds is 3. The van der Waals surface area contributed by atoms with Crippen molar-refractivity contribution >= 4 is 11.7 Å². The summed E-state index contributed by atoms with van der Waals surface area (Å²) in [5.74, 6) is 1.46. The Hall–Kier alpha value is -2.43. The first kappa shape index (κ1) is 15.1. The minimum Gasteiger partial charge on any atom is -0.357 e. The second kappa shape index (κ2) is 6.59. The number of nitrogens with zero attached hydrogens (tertiary/aromatic N) is 3. The van der Waals surface area contributed by atoms with Gasteiger partial charge in [-0.1, -0.05) is 24.3 Å². The minimum atomic E-state index is 0.144. The van der Waals surface area contributed by atoms with Crippen LogP contribution in [0.1, 0.15) is 37.2 Å². The summed E-state index contributed by atoms with van der Waals surface area (Å²) in [5, 5.41) is 2.89. The molecule has 2 fully saturated rings. The van der Waals surface area contributed by atoms with Gasteiger partial charge in [-0.2, -0.15) is 0 Å². The highest BCUT2D eigenvalue weighted by molar-refractivity contribution is 5.79. The van der Waals surface area contributed by atoms with Crippen molar-refractivity contribution in [1.29, 1.82) is 0 Å². The molecule has 0 spiro atoms. The van der Waals surface area contributed by atoms with Gasteiger partial charge in [-0.3, -0.25) is 4.79 Å². The highest BCUT2D eigenvalue weighted by Crippen LogP contribution is 2.27. The summed E-state index contributed by atoms with van der Waals surface area (Å²) in [4.78, 5) is 22.6. The second-order valence-corrected chi connectivity index (χ2v) is 6.64. The van der Waals surface area contributed by atoms with Gasteiger partial charge in [-0.15, -0.1) is 0 Å². The highest BCUT2D eigenvalue weighted by Gasteiger charge is 2.22. The van der Waals surface area contributed by atoms with Crippen LogP contribution in [0.4, 0.5) is 5.82 Å². The van der Waals surface area contributed by atoms with Crippen LogP contribution in [0.15, 0.2) is 36.7 Å². The minimum absolute atomic E-state index is 0.144. The Labute approximate surface area is 142 Å². The smallest absolute Gasteiger partial charge is 0.220 e. The van der Waals surface area contributed by atoms with Crippen LogP contribution in [0.5, 0.6) is 0 Å². The fourth-order valence-corrected chi connectivity index (χ4v) is 3.57. The van der Waals surface area contributed by atoms with Crippen molar-refractivity contribution in [3.8, 4) is 11.3 Å². The number of hydrogen-bond donors (Lipinski definition) is 1. The molecular weight excluding hydrogens is 300 g/mol. The molecule has 0 radical (unpaired) electrons. The normalized spacial score (nSPS) is 20.9. The Morgan fingerprint density at radius 1 is 1.04 bits per heavy atom. The van der Waals surface area contributed by atoms with Gasteiger partial charge in [0, 0.05) is 43.6 Å². The summed E-state index contributed by atoms with van der Waals surface area (Å²) in [6.07, 6.45) is 6.04. The van der Waals surface area contributed by atoms with Crippen LogP contribution in [0.25, 0.3) is 11.3 Å². The fraction of sp³-hybridized carbons (Fsp3) is 0.421. The Morgan fingerprint density at radius 2 is 1.83 bits per heavy atom. The van der Waals surface area contributed by atoms with Gasteiger partial charge in [0.1, 0.15) is 12.1 Å². The van der Waals surface area contributed by atoms with E-state index in [1.807, 2.05) is 0 Å². The van der Waals surface area contributed by atoms with Crippen LogP contribution >= 0.6 is 0 Å². The van der Waals surface area contributed by atoms with Crippen LogP contribution in [-0.4, -0.2) is 35.5 Å². The van der Waals surface area contributed by atoms with E-state index >= 15 is 0 Å². The molecule has 0 bridgehead atoms. The molecule has 3 heterocycles. The van der Waals surface area contributed by atoms with Crippen LogP contribution < -0.4 is 10.2 Å². The first-order chi connectivity index (χ1) is 11.8. The Balaban J connectivity index is 1.54. The van der Waals surface area contributed by atoms with Crippen LogP contribution in [-0.2, 0) is 4.79 Å². The second-order valence-electron chi connectivity index (χ2n) is 6.64. The van der Waals surface area contributed by atoms with Gasteiger partial charge in [0.15, 0.2) is 0 Å². The molecule has 5 nitrogen and oxygen atoms in total. The standard InChI is InChI=1S/C19H22N4O/c24-19-10-16(12-20-19)14-4-6-15(7-5-14)17-11-18(22-13-21-17)23-8-2-1-3-9-23/h4-7,11,13,16H,1-3,8-10,12H2,(H,20,24). The number of benzene rings is 1. The molecule has 2 aliphatic heterocycles. The van der Waals surface area contributed by atoms with Crippen molar-refractivity contribution in [2.24, 2.45) is 0 Å². The number of aromatic nitrogens is 2. The van der Waals surface area contributed by atoms with Crippen molar-refractivity contribution in [1.82, 2.24) is 15.3 Å². The average molecular weight is 322 g/mol. The topological polar surface area (TPSA) is 58.1 Å². The van der Waals surface area contributed by atoms with E-state index in [9.17, 15) is 4.79 Å². The lowest BCUT2D eigenvalue weighted by Gasteiger charge is -2.27. The van der Waals surface area contributed by atoms with E-state index in [2.05, 4.69) is 50.5 Å². The number of nitrogens with one attached hydrogen (secondary N) is 1. The zero-order chi connectivity index (χ0) is 16.4. The Morgan fingerprint density at radius 3 is 2.54 bits per heavy atom. The number of carbonyl (C=O) groups is 1. The quantitative estimate of drug-likeness (QED) is 0.944. The van der Waals surface area contributed by atoms with Gasteiger partial charge in [0.05, 0.1) is 5.69 Å². The van der Waals surface area contributed by atoms with Crippen molar-refractivity contribution in [3.05, 3.63) is 42.2 Å². The van der Waals surface area contributed by atoms with Gasteiger partial charge < -0.3 is 10.2 Å². The predicted octanol–water partition coefficient (Wildman–Crippen LogP) is 2.74. The fourth-order valence-electron chi connectivity index (χ4n) is 3.57. The van der Waals surface area contributed by atoms with Crippen molar-refractivity contribution in [2.75, 3.05) is 24.5 Å². The Bertz CT molecular complexity index is 722.